The minimum atomic E-state index is -0.636. The molecule has 49 heavy (non-hydrogen) atoms. The van der Waals surface area contributed by atoms with E-state index >= 15 is 0 Å². The van der Waals surface area contributed by atoms with Crippen molar-refractivity contribution in [1.82, 2.24) is 14.7 Å². The molecule has 0 radical (unpaired) electrons. The van der Waals surface area contributed by atoms with Crippen LogP contribution in [0.3, 0.4) is 0 Å². The maximum Gasteiger partial charge on any atom is 0.410 e. The number of methoxy groups -OCH3 is 2. The molecule has 3 rings (SSSR count). The van der Waals surface area contributed by atoms with Crippen LogP contribution >= 0.6 is 0 Å². The van der Waals surface area contributed by atoms with Gasteiger partial charge in [-0.2, -0.15) is 0 Å². The number of hydrogen-bond acceptors (Lipinski definition) is 7. The predicted molar refractivity (Wildman–Crippen MR) is 192 cm³/mol. The molecule has 0 aromatic heterocycles. The smallest absolute Gasteiger partial charge is 0.410 e. The number of ether oxygens (including phenoxy) is 4. The van der Waals surface area contributed by atoms with Crippen molar-refractivity contribution in [1.29, 1.82) is 0 Å². The van der Waals surface area contributed by atoms with Gasteiger partial charge in [-0.25, -0.2) is 4.79 Å². The molecule has 1 heterocycles. The summed E-state index contributed by atoms with van der Waals surface area (Å²) < 4.78 is 22.4. The zero-order chi connectivity index (χ0) is 36.1. The maximum atomic E-state index is 14.1. The summed E-state index contributed by atoms with van der Waals surface area (Å²) in [6.45, 7) is 17.1. The van der Waals surface area contributed by atoms with E-state index in [4.69, 9.17) is 18.9 Å². The summed E-state index contributed by atoms with van der Waals surface area (Å²) in [7, 11) is 3.22. The fourth-order valence-corrected chi connectivity index (χ4v) is 6.36. The lowest BCUT2D eigenvalue weighted by Crippen LogP contribution is -2.43. The van der Waals surface area contributed by atoms with Gasteiger partial charge in [0.05, 0.1) is 13.7 Å². The molecule has 3 atom stereocenters. The van der Waals surface area contributed by atoms with Crippen LogP contribution in [-0.2, 0) is 20.8 Å². The number of likely N-dealkylation sites (tertiary alicyclic amines) is 1. The molecule has 1 aliphatic rings. The van der Waals surface area contributed by atoms with E-state index in [0.29, 0.717) is 82.3 Å². The van der Waals surface area contributed by atoms with E-state index in [1.54, 1.807) is 37.3 Å². The summed E-state index contributed by atoms with van der Waals surface area (Å²) in [5.41, 5.74) is 0.954. The van der Waals surface area contributed by atoms with Crippen molar-refractivity contribution in [3.8, 4) is 11.5 Å². The lowest BCUT2D eigenvalue weighted by atomic mass is 9.84. The second-order valence-electron chi connectivity index (χ2n) is 14.2. The topological polar surface area (TPSA) is 97.9 Å². The molecule has 1 aliphatic heterocycles. The number of carbonyl (C=O) groups excluding carboxylic acids is 3. The summed E-state index contributed by atoms with van der Waals surface area (Å²) in [4.78, 5) is 46.9. The van der Waals surface area contributed by atoms with Gasteiger partial charge in [0, 0.05) is 70.4 Å². The van der Waals surface area contributed by atoms with E-state index in [0.717, 1.165) is 5.56 Å². The summed E-state index contributed by atoms with van der Waals surface area (Å²) in [6.07, 6.45) is 1.64. The third-order valence-electron chi connectivity index (χ3n) is 9.04. The van der Waals surface area contributed by atoms with Crippen molar-refractivity contribution >= 4 is 17.9 Å². The highest BCUT2D eigenvalue weighted by Gasteiger charge is 2.41. The van der Waals surface area contributed by atoms with Crippen LogP contribution in [0.2, 0.25) is 0 Å². The van der Waals surface area contributed by atoms with Crippen molar-refractivity contribution < 1.29 is 33.3 Å². The molecule has 10 heteroatoms. The molecule has 0 spiro atoms. The van der Waals surface area contributed by atoms with Crippen LogP contribution in [0.4, 0.5) is 4.79 Å². The molecule has 3 amide bonds. The predicted octanol–water partition coefficient (Wildman–Crippen LogP) is 6.91. The summed E-state index contributed by atoms with van der Waals surface area (Å²) >= 11 is 0. The van der Waals surface area contributed by atoms with E-state index in [9.17, 15) is 14.4 Å². The van der Waals surface area contributed by atoms with E-state index in [1.165, 1.54) is 0 Å². The SMILES string of the molecule is CC[C@@H](C[C@@H]1CN(C(=O)OC(C)(C)C)C[C@H]1CN(C(=O)c1ccc(OC)c(OCCCOC)c1)C(C)C)C(=O)N(CC)Cc1ccccc1. The average molecular weight is 682 g/mol. The fourth-order valence-electron chi connectivity index (χ4n) is 6.36. The van der Waals surface area contributed by atoms with Crippen molar-refractivity contribution in [3.63, 3.8) is 0 Å². The van der Waals surface area contributed by atoms with Crippen LogP contribution in [0.5, 0.6) is 11.5 Å². The van der Waals surface area contributed by atoms with Crippen LogP contribution in [0, 0.1) is 17.8 Å². The standard InChI is InChI=1S/C39H59N3O7/c1-10-30(36(43)40(11-2)24-29-16-13-12-14-17-29)22-32-25-41(38(45)49-39(5,6)7)26-33(32)27-42(28(3)4)37(44)31-18-19-34(47-9)35(23-31)48-21-15-20-46-8/h12-14,16-19,23,28,30,32-33H,10-11,15,20-22,24-27H2,1-9H3/t30-,32+,33-/m0/s1. The van der Waals surface area contributed by atoms with Crippen LogP contribution in [-0.4, -0.2) is 97.9 Å². The Labute approximate surface area is 294 Å². The lowest BCUT2D eigenvalue weighted by molar-refractivity contribution is -0.136. The first-order chi connectivity index (χ1) is 23.3. The first kappa shape index (κ1) is 39.6. The molecule has 2 aromatic carbocycles. The second-order valence-corrected chi connectivity index (χ2v) is 14.2. The van der Waals surface area contributed by atoms with E-state index in [2.05, 4.69) is 6.92 Å². The monoisotopic (exact) mass is 681 g/mol. The molecule has 272 valence electrons. The molecule has 2 aromatic rings. The Bertz CT molecular complexity index is 1340. The van der Waals surface area contributed by atoms with E-state index in [-0.39, 0.29) is 41.7 Å². The van der Waals surface area contributed by atoms with Crippen molar-refractivity contribution in [3.05, 3.63) is 59.7 Å². The quantitative estimate of drug-likeness (QED) is 0.168. The zero-order valence-electron chi connectivity index (χ0n) is 31.2. The minimum absolute atomic E-state index is 0.00134. The number of benzene rings is 2. The molecule has 10 nitrogen and oxygen atoms in total. The molecule has 0 saturated carbocycles. The van der Waals surface area contributed by atoms with Crippen LogP contribution in [0.25, 0.3) is 0 Å². The Morgan fingerprint density at radius 2 is 1.63 bits per heavy atom. The van der Waals surface area contributed by atoms with Gasteiger partial charge in [0.1, 0.15) is 5.60 Å². The highest BCUT2D eigenvalue weighted by Crippen LogP contribution is 2.34. The maximum absolute atomic E-state index is 14.1. The zero-order valence-corrected chi connectivity index (χ0v) is 31.2. The van der Waals surface area contributed by atoms with Gasteiger partial charge in [-0.3, -0.25) is 9.59 Å². The minimum Gasteiger partial charge on any atom is -0.493 e. The van der Waals surface area contributed by atoms with Gasteiger partial charge in [0.25, 0.3) is 5.91 Å². The Hall–Kier alpha value is -3.79. The van der Waals surface area contributed by atoms with Crippen molar-refractivity contribution in [2.45, 2.75) is 85.9 Å². The van der Waals surface area contributed by atoms with Crippen LogP contribution in [0.1, 0.15) is 83.7 Å². The molecule has 0 N–H and O–H groups in total. The third kappa shape index (κ3) is 11.7. The normalized spacial score (nSPS) is 16.7. The van der Waals surface area contributed by atoms with E-state index < -0.39 is 5.60 Å². The summed E-state index contributed by atoms with van der Waals surface area (Å²) in [5.74, 6) is 0.793. The Kier molecular flexibility index (Phi) is 15.2. The first-order valence-electron chi connectivity index (χ1n) is 17.7. The van der Waals surface area contributed by atoms with Gasteiger partial charge < -0.3 is 33.6 Å². The number of carbonyl (C=O) groups is 3. The number of rotatable bonds is 17. The van der Waals surface area contributed by atoms with Gasteiger partial charge >= 0.3 is 6.09 Å². The molecule has 1 saturated heterocycles. The molecule has 1 fully saturated rings. The highest BCUT2D eigenvalue weighted by molar-refractivity contribution is 5.95. The van der Waals surface area contributed by atoms with Crippen LogP contribution in [0.15, 0.2) is 48.5 Å². The number of nitrogens with zero attached hydrogens (tertiary/aromatic N) is 3. The number of hydrogen-bond donors (Lipinski definition) is 0. The van der Waals surface area contributed by atoms with Crippen molar-refractivity contribution in [2.24, 2.45) is 17.8 Å². The molecule has 0 aliphatic carbocycles. The molecule has 0 bridgehead atoms. The highest BCUT2D eigenvalue weighted by atomic mass is 16.6. The average Bonchev–Trinajstić information content (AvgIpc) is 3.48. The summed E-state index contributed by atoms with van der Waals surface area (Å²) in [6, 6.07) is 15.2. The lowest BCUT2D eigenvalue weighted by Gasteiger charge is -2.33. The van der Waals surface area contributed by atoms with Crippen LogP contribution < -0.4 is 9.47 Å². The fraction of sp³-hybridized carbons (Fsp3) is 0.615. The Morgan fingerprint density at radius 3 is 2.22 bits per heavy atom. The van der Waals surface area contributed by atoms with E-state index in [1.807, 2.05) is 81.7 Å². The largest absolute Gasteiger partial charge is 0.493 e. The van der Waals surface area contributed by atoms with Gasteiger partial charge in [-0.05, 0) is 90.0 Å². The number of amides is 3. The molecular formula is C39H59N3O7. The third-order valence-corrected chi connectivity index (χ3v) is 9.04. The van der Waals surface area contributed by atoms with Gasteiger partial charge in [-0.1, -0.05) is 37.3 Å². The second kappa shape index (κ2) is 18.8. The first-order valence-corrected chi connectivity index (χ1v) is 17.7. The van der Waals surface area contributed by atoms with Crippen molar-refractivity contribution in [2.75, 3.05) is 53.6 Å². The Balaban J connectivity index is 1.86. The van der Waals surface area contributed by atoms with Gasteiger partial charge in [0.2, 0.25) is 5.91 Å². The van der Waals surface area contributed by atoms with Gasteiger partial charge in [0.15, 0.2) is 11.5 Å². The van der Waals surface area contributed by atoms with Gasteiger partial charge in [-0.15, -0.1) is 0 Å². The molecule has 0 unspecified atom stereocenters. The molecular weight excluding hydrogens is 622 g/mol. The summed E-state index contributed by atoms with van der Waals surface area (Å²) in [5, 5.41) is 0. The Morgan fingerprint density at radius 1 is 0.939 bits per heavy atom.